The number of sulfonamides is 1. The van der Waals surface area contributed by atoms with Crippen LogP contribution in [-0.2, 0) is 14.8 Å². The van der Waals surface area contributed by atoms with Crippen LogP contribution in [0.25, 0.3) is 10.9 Å². The molecule has 1 aromatic heterocycles. The largest absolute Gasteiger partial charge is 0.468 e. The molecular weight excluding hydrogens is 468 g/mol. The number of aliphatic hydroxyl groups excluding tert-OH is 1. The summed E-state index contributed by atoms with van der Waals surface area (Å²) in [5, 5.41) is 10.9. The molecule has 2 atom stereocenters. The van der Waals surface area contributed by atoms with Crippen LogP contribution in [0.4, 0.5) is 5.69 Å². The number of nitrogens with one attached hydrogen (secondary N) is 1. The van der Waals surface area contributed by atoms with Crippen LogP contribution in [0.15, 0.2) is 60.7 Å². The van der Waals surface area contributed by atoms with Gasteiger partial charge in [-0.3, -0.25) is 14.4 Å². The van der Waals surface area contributed by atoms with Gasteiger partial charge in [0.2, 0.25) is 15.9 Å². The van der Waals surface area contributed by atoms with Gasteiger partial charge < -0.3 is 14.7 Å². The molecule has 1 unspecified atom stereocenters. The molecule has 1 amide bonds. The molecule has 0 saturated carbocycles. The Labute approximate surface area is 205 Å². The number of amides is 1. The Balaban J connectivity index is 1.48. The lowest BCUT2D eigenvalue weighted by atomic mass is 10.0. The van der Waals surface area contributed by atoms with Gasteiger partial charge in [0.15, 0.2) is 6.61 Å². The summed E-state index contributed by atoms with van der Waals surface area (Å²) >= 11 is 0. The Morgan fingerprint density at radius 2 is 1.94 bits per heavy atom. The van der Waals surface area contributed by atoms with Crippen molar-refractivity contribution in [2.75, 3.05) is 44.3 Å². The molecular formula is C25H30N4O5S. The van der Waals surface area contributed by atoms with Crippen LogP contribution in [-0.4, -0.2) is 79.9 Å². The molecule has 0 spiro atoms. The van der Waals surface area contributed by atoms with Gasteiger partial charge in [-0.1, -0.05) is 30.3 Å². The summed E-state index contributed by atoms with van der Waals surface area (Å²) in [5.41, 5.74) is 2.09. The molecule has 35 heavy (non-hydrogen) atoms. The molecule has 2 heterocycles. The fourth-order valence-electron chi connectivity index (χ4n) is 4.20. The maximum absolute atomic E-state index is 13.1. The predicted molar refractivity (Wildman–Crippen MR) is 135 cm³/mol. The number of ether oxygens (including phenoxy) is 1. The molecule has 2 aromatic carbocycles. The van der Waals surface area contributed by atoms with Crippen LogP contribution in [0.1, 0.15) is 18.0 Å². The second-order valence-electron chi connectivity index (χ2n) is 8.85. The van der Waals surface area contributed by atoms with E-state index in [0.29, 0.717) is 31.1 Å². The number of likely N-dealkylation sites (tertiary alicyclic amines) is 1. The van der Waals surface area contributed by atoms with Gasteiger partial charge in [-0.2, -0.15) is 0 Å². The molecule has 0 bridgehead atoms. The number of hydrogen-bond acceptors (Lipinski definition) is 7. The van der Waals surface area contributed by atoms with Crippen LogP contribution < -0.4 is 9.46 Å². The Kier molecular flexibility index (Phi) is 7.54. The number of β-amino-alcohol motifs (C(OH)–C–C–N with tert-alkyl or cyclic N) is 1. The smallest absolute Gasteiger partial charge is 0.260 e. The minimum atomic E-state index is -3.39. The molecule has 9 nitrogen and oxygen atoms in total. The van der Waals surface area contributed by atoms with Gasteiger partial charge in [0.05, 0.1) is 23.9 Å². The van der Waals surface area contributed by atoms with E-state index in [9.17, 15) is 18.3 Å². The zero-order valence-corrected chi connectivity index (χ0v) is 20.6. The third kappa shape index (κ3) is 6.68. The number of aromatic nitrogens is 1. The number of likely N-dealkylation sites (N-methyl/N-ethyl adjacent to an activating group) is 1. The number of carbonyl (C=O) groups excluding carboxylic acids is 1. The monoisotopic (exact) mass is 498 g/mol. The molecule has 1 aliphatic rings. The first-order chi connectivity index (χ1) is 16.7. The summed E-state index contributed by atoms with van der Waals surface area (Å²) in [7, 11) is -1.66. The number of pyridine rings is 1. The summed E-state index contributed by atoms with van der Waals surface area (Å²) in [6, 6.07) is 18.0. The number of para-hydroxylation sites is 1. The lowest BCUT2D eigenvalue weighted by Gasteiger charge is -2.32. The fourth-order valence-corrected chi connectivity index (χ4v) is 4.76. The molecule has 3 aromatic rings. The number of anilines is 1. The second kappa shape index (κ2) is 10.6. The first-order valence-corrected chi connectivity index (χ1v) is 13.3. The molecule has 10 heteroatoms. The van der Waals surface area contributed by atoms with E-state index in [0.717, 1.165) is 29.3 Å². The minimum Gasteiger partial charge on any atom is -0.468 e. The molecule has 0 radical (unpaired) electrons. The highest BCUT2D eigenvalue weighted by Crippen LogP contribution is 2.25. The molecule has 2 N–H and O–H groups in total. The molecule has 4 rings (SSSR count). The number of fused-ring (bicyclic) bond motifs is 1. The van der Waals surface area contributed by atoms with Gasteiger partial charge in [0.1, 0.15) is 0 Å². The molecule has 1 aliphatic heterocycles. The number of hydrogen-bond donors (Lipinski definition) is 2. The van der Waals surface area contributed by atoms with E-state index in [1.165, 1.54) is 0 Å². The van der Waals surface area contributed by atoms with Gasteiger partial charge in [-0.05, 0) is 36.2 Å². The summed E-state index contributed by atoms with van der Waals surface area (Å²) in [6.45, 7) is 1.65. The van der Waals surface area contributed by atoms with Crippen LogP contribution in [0.2, 0.25) is 0 Å². The average Bonchev–Trinajstić information content (AvgIpc) is 3.24. The van der Waals surface area contributed by atoms with Crippen LogP contribution in [0.5, 0.6) is 5.88 Å². The Hall–Kier alpha value is -3.21. The van der Waals surface area contributed by atoms with Gasteiger partial charge in [0, 0.05) is 43.8 Å². The van der Waals surface area contributed by atoms with E-state index in [1.54, 1.807) is 42.3 Å². The van der Waals surface area contributed by atoms with Gasteiger partial charge >= 0.3 is 0 Å². The summed E-state index contributed by atoms with van der Waals surface area (Å²) in [6.07, 6.45) is 1.41. The van der Waals surface area contributed by atoms with Crippen molar-refractivity contribution < 1.29 is 23.1 Å². The highest BCUT2D eigenvalue weighted by molar-refractivity contribution is 7.92. The van der Waals surface area contributed by atoms with Crippen molar-refractivity contribution in [1.29, 1.82) is 0 Å². The number of aliphatic hydroxyl groups is 1. The van der Waals surface area contributed by atoms with Crippen molar-refractivity contribution in [3.8, 4) is 5.88 Å². The van der Waals surface area contributed by atoms with Gasteiger partial charge in [0.25, 0.3) is 5.91 Å². The van der Waals surface area contributed by atoms with Crippen LogP contribution in [0.3, 0.4) is 0 Å². The highest BCUT2D eigenvalue weighted by atomic mass is 32.2. The Morgan fingerprint density at radius 1 is 1.20 bits per heavy atom. The van der Waals surface area contributed by atoms with E-state index >= 15 is 0 Å². The molecule has 1 saturated heterocycles. The van der Waals surface area contributed by atoms with Crippen molar-refractivity contribution in [2.24, 2.45) is 0 Å². The van der Waals surface area contributed by atoms with Crippen LogP contribution >= 0.6 is 0 Å². The quantitative estimate of drug-likeness (QED) is 0.465. The standard InChI is InChI=1S/C25H30N4O5S/c1-28(25(31)17-34-24-12-9-18-5-3-4-6-22(18)26-24)23(16-29-14-13-21(30)15-29)19-7-10-20(11-8-19)27-35(2,32)33/h3-12,21,23,27,30H,13-17H2,1-2H3/t21-,23?/m0/s1. The highest BCUT2D eigenvalue weighted by Gasteiger charge is 2.28. The fraction of sp³-hybridized carbons (Fsp3) is 0.360. The number of benzene rings is 2. The SMILES string of the molecule is CN(C(=O)COc1ccc2ccccc2n1)C(CN1CC[C@H](O)C1)c1ccc(NS(C)(=O)=O)cc1. The zero-order valence-electron chi connectivity index (χ0n) is 19.8. The van der Waals surface area contributed by atoms with E-state index in [4.69, 9.17) is 4.74 Å². The van der Waals surface area contributed by atoms with Crippen molar-refractivity contribution >= 4 is 32.5 Å². The Bertz CT molecular complexity index is 1280. The third-order valence-electron chi connectivity index (χ3n) is 6.05. The third-order valence-corrected chi connectivity index (χ3v) is 6.66. The van der Waals surface area contributed by atoms with Crippen LogP contribution in [0, 0.1) is 0 Å². The van der Waals surface area contributed by atoms with Gasteiger partial charge in [-0.25, -0.2) is 13.4 Å². The average molecular weight is 499 g/mol. The van der Waals surface area contributed by atoms with E-state index in [-0.39, 0.29) is 24.7 Å². The maximum atomic E-state index is 13.1. The lowest BCUT2D eigenvalue weighted by molar-refractivity contribution is -0.134. The first kappa shape index (κ1) is 24.9. The maximum Gasteiger partial charge on any atom is 0.260 e. The number of rotatable bonds is 9. The Morgan fingerprint density at radius 3 is 2.63 bits per heavy atom. The van der Waals surface area contributed by atoms with E-state index in [2.05, 4.69) is 14.6 Å². The van der Waals surface area contributed by atoms with Crippen molar-refractivity contribution in [3.05, 3.63) is 66.2 Å². The molecule has 186 valence electrons. The summed E-state index contributed by atoms with van der Waals surface area (Å²) in [5.74, 6) is 0.156. The molecule has 1 fully saturated rings. The predicted octanol–water partition coefficient (Wildman–Crippen LogP) is 2.25. The second-order valence-corrected chi connectivity index (χ2v) is 10.6. The first-order valence-electron chi connectivity index (χ1n) is 11.4. The lowest BCUT2D eigenvalue weighted by Crippen LogP contribution is -2.41. The molecule has 0 aliphatic carbocycles. The topological polar surface area (TPSA) is 112 Å². The normalized spacial score (nSPS) is 17.3. The van der Waals surface area contributed by atoms with Crippen molar-refractivity contribution in [3.63, 3.8) is 0 Å². The minimum absolute atomic E-state index is 0.172. The van der Waals surface area contributed by atoms with Crippen molar-refractivity contribution in [2.45, 2.75) is 18.6 Å². The summed E-state index contributed by atoms with van der Waals surface area (Å²) < 4.78 is 31.2. The van der Waals surface area contributed by atoms with E-state index < -0.39 is 10.0 Å². The van der Waals surface area contributed by atoms with Crippen molar-refractivity contribution in [1.82, 2.24) is 14.8 Å². The summed E-state index contributed by atoms with van der Waals surface area (Å²) in [4.78, 5) is 21.3. The number of carbonyl (C=O) groups is 1. The van der Waals surface area contributed by atoms with Gasteiger partial charge in [-0.15, -0.1) is 0 Å². The number of nitrogens with zero attached hydrogens (tertiary/aromatic N) is 3. The zero-order chi connectivity index (χ0) is 25.0. The van der Waals surface area contributed by atoms with E-state index in [1.807, 2.05) is 30.3 Å².